The van der Waals surface area contributed by atoms with Crippen molar-refractivity contribution < 1.29 is 4.39 Å². The van der Waals surface area contributed by atoms with E-state index in [9.17, 15) is 4.39 Å². The lowest BCUT2D eigenvalue weighted by atomic mass is 10.2. The smallest absolute Gasteiger partial charge is 0.129 e. The number of halogens is 3. The summed E-state index contributed by atoms with van der Waals surface area (Å²) in [6, 6.07) is 4.66. The second-order valence-corrected chi connectivity index (χ2v) is 4.26. The van der Waals surface area contributed by atoms with Gasteiger partial charge in [0.15, 0.2) is 0 Å². The summed E-state index contributed by atoms with van der Waals surface area (Å²) in [7, 11) is 0. The molecular formula is C10H12Cl2FN. The fraction of sp³-hybridized carbons (Fsp3) is 0.400. The number of nitrogens with one attached hydrogen (secondary N) is 1. The summed E-state index contributed by atoms with van der Waals surface area (Å²) in [5, 5.41) is 3.50. The normalized spacial score (nSPS) is 12.9. The molecule has 1 unspecified atom stereocenters. The van der Waals surface area contributed by atoms with Gasteiger partial charge in [-0.1, -0.05) is 17.7 Å². The van der Waals surface area contributed by atoms with Crippen molar-refractivity contribution in [2.45, 2.75) is 18.8 Å². The number of hydrogen-bond acceptors (Lipinski definition) is 1. The highest BCUT2D eigenvalue weighted by atomic mass is 35.5. The van der Waals surface area contributed by atoms with E-state index >= 15 is 0 Å². The molecule has 0 spiro atoms. The van der Waals surface area contributed by atoms with Crippen LogP contribution in [-0.2, 0) is 6.54 Å². The minimum Gasteiger partial charge on any atom is -0.311 e. The van der Waals surface area contributed by atoms with Crippen LogP contribution in [0.25, 0.3) is 0 Å². The maximum atomic E-state index is 13.2. The van der Waals surface area contributed by atoms with Crippen LogP contribution in [0.5, 0.6) is 0 Å². The van der Waals surface area contributed by atoms with Crippen LogP contribution in [0.2, 0.25) is 5.02 Å². The Bertz CT molecular complexity index is 282. The molecule has 1 atom stereocenters. The molecule has 1 nitrogen and oxygen atoms in total. The Morgan fingerprint density at radius 3 is 2.79 bits per heavy atom. The summed E-state index contributed by atoms with van der Waals surface area (Å²) in [6.45, 7) is 2.91. The lowest BCUT2D eigenvalue weighted by Crippen LogP contribution is -2.21. The Balaban J connectivity index is 2.58. The van der Waals surface area contributed by atoms with Gasteiger partial charge in [-0.15, -0.1) is 11.6 Å². The summed E-state index contributed by atoms with van der Waals surface area (Å²) in [4.78, 5) is 0. The summed E-state index contributed by atoms with van der Waals surface area (Å²) in [5.74, 6) is -0.285. The van der Waals surface area contributed by atoms with Gasteiger partial charge in [0.2, 0.25) is 0 Å². The van der Waals surface area contributed by atoms with E-state index in [4.69, 9.17) is 23.2 Å². The molecule has 0 fully saturated rings. The molecule has 4 heteroatoms. The quantitative estimate of drug-likeness (QED) is 0.791. The Morgan fingerprint density at radius 2 is 2.21 bits per heavy atom. The molecule has 1 N–H and O–H groups in total. The van der Waals surface area contributed by atoms with E-state index in [1.807, 2.05) is 6.92 Å². The summed E-state index contributed by atoms with van der Waals surface area (Å²) >= 11 is 11.6. The van der Waals surface area contributed by atoms with Gasteiger partial charge in [0.05, 0.1) is 0 Å². The highest BCUT2D eigenvalue weighted by Crippen LogP contribution is 2.18. The van der Waals surface area contributed by atoms with Crippen molar-refractivity contribution in [2.75, 3.05) is 6.54 Å². The third-order valence-electron chi connectivity index (χ3n) is 1.79. The zero-order chi connectivity index (χ0) is 10.6. The molecule has 14 heavy (non-hydrogen) atoms. The molecule has 0 saturated heterocycles. The molecule has 0 amide bonds. The topological polar surface area (TPSA) is 12.0 Å². The predicted molar refractivity (Wildman–Crippen MR) is 58.4 cm³/mol. The van der Waals surface area contributed by atoms with Gasteiger partial charge in [-0.2, -0.15) is 0 Å². The van der Waals surface area contributed by atoms with Crippen LogP contribution in [0, 0.1) is 5.82 Å². The average Bonchev–Trinajstić information content (AvgIpc) is 2.09. The molecule has 0 aliphatic heterocycles. The highest BCUT2D eigenvalue weighted by molar-refractivity contribution is 6.31. The van der Waals surface area contributed by atoms with Crippen LogP contribution in [0.15, 0.2) is 18.2 Å². The van der Waals surface area contributed by atoms with Gasteiger partial charge in [-0.05, 0) is 19.1 Å². The fourth-order valence-corrected chi connectivity index (χ4v) is 1.44. The van der Waals surface area contributed by atoms with E-state index in [1.54, 1.807) is 12.1 Å². The van der Waals surface area contributed by atoms with Crippen LogP contribution in [-0.4, -0.2) is 11.9 Å². The molecule has 0 aliphatic carbocycles. The lowest BCUT2D eigenvalue weighted by Gasteiger charge is -2.08. The Kier molecular flexibility index (Phi) is 4.66. The second-order valence-electron chi connectivity index (χ2n) is 3.11. The van der Waals surface area contributed by atoms with Crippen LogP contribution >= 0.6 is 23.2 Å². The van der Waals surface area contributed by atoms with Gasteiger partial charge in [-0.3, -0.25) is 0 Å². The molecule has 0 saturated carbocycles. The van der Waals surface area contributed by atoms with Crippen molar-refractivity contribution >= 4 is 23.2 Å². The lowest BCUT2D eigenvalue weighted by molar-refractivity contribution is 0.587. The van der Waals surface area contributed by atoms with Gasteiger partial charge < -0.3 is 5.32 Å². The Morgan fingerprint density at radius 1 is 1.50 bits per heavy atom. The number of rotatable bonds is 4. The van der Waals surface area contributed by atoms with Gasteiger partial charge in [0.25, 0.3) is 0 Å². The van der Waals surface area contributed by atoms with Gasteiger partial charge in [0.1, 0.15) is 5.82 Å². The molecule has 0 aromatic heterocycles. The number of benzene rings is 1. The maximum absolute atomic E-state index is 13.2. The first kappa shape index (κ1) is 11.8. The van der Waals surface area contributed by atoms with Crippen LogP contribution in [0.4, 0.5) is 4.39 Å². The van der Waals surface area contributed by atoms with Crippen molar-refractivity contribution in [2.24, 2.45) is 0 Å². The van der Waals surface area contributed by atoms with E-state index in [0.717, 1.165) is 0 Å². The molecule has 1 aromatic carbocycles. The summed E-state index contributed by atoms with van der Waals surface area (Å²) in [5.41, 5.74) is 0.492. The van der Waals surface area contributed by atoms with Gasteiger partial charge in [0, 0.05) is 29.1 Å². The zero-order valence-electron chi connectivity index (χ0n) is 7.86. The minimum absolute atomic E-state index is 0.0283. The standard InChI is InChI=1S/C10H12Cl2FN/c1-7(11)5-14-6-8-9(12)3-2-4-10(8)13/h2-4,7,14H,5-6H2,1H3. The van der Waals surface area contributed by atoms with Crippen LogP contribution < -0.4 is 5.32 Å². The predicted octanol–water partition coefficient (Wildman–Crippen LogP) is 3.20. The van der Waals surface area contributed by atoms with Crippen LogP contribution in [0.1, 0.15) is 12.5 Å². The highest BCUT2D eigenvalue weighted by Gasteiger charge is 2.06. The molecule has 1 aromatic rings. The van der Waals surface area contributed by atoms with Crippen molar-refractivity contribution in [3.05, 3.63) is 34.6 Å². The Labute approximate surface area is 93.2 Å². The molecular weight excluding hydrogens is 224 g/mol. The molecule has 78 valence electrons. The first-order valence-corrected chi connectivity index (χ1v) is 5.20. The van der Waals surface area contributed by atoms with E-state index < -0.39 is 0 Å². The first-order valence-electron chi connectivity index (χ1n) is 4.39. The van der Waals surface area contributed by atoms with E-state index in [0.29, 0.717) is 23.7 Å². The largest absolute Gasteiger partial charge is 0.311 e. The second kappa shape index (κ2) is 5.54. The van der Waals surface area contributed by atoms with Crippen molar-refractivity contribution in [3.8, 4) is 0 Å². The van der Waals surface area contributed by atoms with E-state index in [2.05, 4.69) is 5.32 Å². The van der Waals surface area contributed by atoms with E-state index in [-0.39, 0.29) is 11.2 Å². The Hall–Kier alpha value is -0.310. The number of hydrogen-bond donors (Lipinski definition) is 1. The number of alkyl halides is 1. The van der Waals surface area contributed by atoms with E-state index in [1.165, 1.54) is 6.07 Å². The van der Waals surface area contributed by atoms with Crippen LogP contribution in [0.3, 0.4) is 0 Å². The molecule has 0 radical (unpaired) electrons. The summed E-state index contributed by atoms with van der Waals surface area (Å²) < 4.78 is 13.2. The van der Waals surface area contributed by atoms with Gasteiger partial charge >= 0.3 is 0 Å². The van der Waals surface area contributed by atoms with Crippen molar-refractivity contribution in [1.82, 2.24) is 5.32 Å². The third-order valence-corrected chi connectivity index (χ3v) is 2.30. The fourth-order valence-electron chi connectivity index (χ4n) is 1.10. The summed E-state index contributed by atoms with van der Waals surface area (Å²) in [6.07, 6.45) is 0. The van der Waals surface area contributed by atoms with Crippen molar-refractivity contribution in [3.63, 3.8) is 0 Å². The molecule has 0 heterocycles. The third kappa shape index (κ3) is 3.45. The SMILES string of the molecule is CC(Cl)CNCc1c(F)cccc1Cl. The monoisotopic (exact) mass is 235 g/mol. The molecule has 0 bridgehead atoms. The molecule has 0 aliphatic rings. The average molecular weight is 236 g/mol. The maximum Gasteiger partial charge on any atom is 0.129 e. The first-order chi connectivity index (χ1) is 6.61. The van der Waals surface area contributed by atoms with Gasteiger partial charge in [-0.25, -0.2) is 4.39 Å². The minimum atomic E-state index is -0.285. The molecule has 1 rings (SSSR count). The van der Waals surface area contributed by atoms with Crippen molar-refractivity contribution in [1.29, 1.82) is 0 Å². The zero-order valence-corrected chi connectivity index (χ0v) is 9.37.